The zero-order valence-electron chi connectivity index (χ0n) is 8.32. The summed E-state index contributed by atoms with van der Waals surface area (Å²) in [5, 5.41) is 0. The van der Waals surface area contributed by atoms with E-state index >= 15 is 0 Å². The van der Waals surface area contributed by atoms with Crippen LogP contribution in [0.25, 0.3) is 0 Å². The minimum Gasteiger partial charge on any atom is -0.492 e. The van der Waals surface area contributed by atoms with E-state index in [1.165, 1.54) is 6.07 Å². The van der Waals surface area contributed by atoms with Crippen LogP contribution in [0.5, 0.6) is 5.75 Å². The lowest BCUT2D eigenvalue weighted by Crippen LogP contribution is -2.23. The first kappa shape index (κ1) is 14.9. The fourth-order valence-corrected chi connectivity index (χ4v) is 0.905. The van der Waals surface area contributed by atoms with E-state index in [0.717, 1.165) is 12.1 Å². The summed E-state index contributed by atoms with van der Waals surface area (Å²) in [6.07, 6.45) is 0. The van der Waals surface area contributed by atoms with Crippen molar-refractivity contribution >= 4 is 29.9 Å². The molecule has 0 saturated carbocycles. The summed E-state index contributed by atoms with van der Waals surface area (Å²) in [5.74, 6) is -1.66. The van der Waals surface area contributed by atoms with Crippen molar-refractivity contribution in [2.75, 3.05) is 13.2 Å². The number of benzene rings is 1. The van der Waals surface area contributed by atoms with Crippen molar-refractivity contribution in [3.63, 3.8) is 0 Å². The average Bonchev–Trinajstić information content (AvgIpc) is 2.18. The Labute approximate surface area is 109 Å². The Kier molecular flexibility index (Phi) is 6.70. The van der Waals surface area contributed by atoms with E-state index in [0.29, 0.717) is 0 Å². The summed E-state index contributed by atoms with van der Waals surface area (Å²) in [7, 11) is 0. The molecule has 0 aliphatic carbocycles. The molecule has 0 aliphatic heterocycles. The number of aliphatic imine (C=N–C) groups is 1. The quantitative estimate of drug-likeness (QED) is 0.374. The Morgan fingerprint density at radius 1 is 1.25 bits per heavy atom. The molecule has 0 radical (unpaired) electrons. The fraction of sp³-hybridized carbons (Fsp3) is 0.222. The van der Waals surface area contributed by atoms with Gasteiger partial charge in [0.15, 0.2) is 17.6 Å². The normalized spacial score (nSPS) is 9.12. The molecule has 0 atom stereocenters. The highest BCUT2D eigenvalue weighted by molar-refractivity contribution is 14.0. The molecular formula is C9H12F2IN3O. The van der Waals surface area contributed by atoms with Crippen molar-refractivity contribution in [2.24, 2.45) is 16.5 Å². The summed E-state index contributed by atoms with van der Waals surface area (Å²) in [6, 6.07) is 3.28. The van der Waals surface area contributed by atoms with E-state index < -0.39 is 11.6 Å². The van der Waals surface area contributed by atoms with Crippen LogP contribution in [0.2, 0.25) is 0 Å². The van der Waals surface area contributed by atoms with E-state index in [9.17, 15) is 8.78 Å². The lowest BCUT2D eigenvalue weighted by molar-refractivity contribution is 0.325. The molecule has 1 aromatic carbocycles. The van der Waals surface area contributed by atoms with Crippen molar-refractivity contribution in [1.29, 1.82) is 0 Å². The van der Waals surface area contributed by atoms with E-state index in [1.54, 1.807) is 0 Å². The summed E-state index contributed by atoms with van der Waals surface area (Å²) in [5.41, 5.74) is 10.2. The van der Waals surface area contributed by atoms with Crippen LogP contribution in [0, 0.1) is 11.6 Å². The third-order valence-electron chi connectivity index (χ3n) is 1.55. The molecule has 0 spiro atoms. The number of nitrogens with zero attached hydrogens (tertiary/aromatic N) is 1. The molecule has 16 heavy (non-hydrogen) atoms. The third-order valence-corrected chi connectivity index (χ3v) is 1.55. The molecule has 0 fully saturated rings. The van der Waals surface area contributed by atoms with E-state index in [2.05, 4.69) is 4.99 Å². The van der Waals surface area contributed by atoms with Crippen LogP contribution in [0.15, 0.2) is 23.2 Å². The summed E-state index contributed by atoms with van der Waals surface area (Å²) < 4.78 is 30.3. The molecule has 7 heteroatoms. The maximum atomic E-state index is 12.7. The largest absolute Gasteiger partial charge is 0.492 e. The summed E-state index contributed by atoms with van der Waals surface area (Å²) in [6.45, 7) is 0.463. The van der Waals surface area contributed by atoms with Gasteiger partial charge in [-0.2, -0.15) is 0 Å². The second kappa shape index (κ2) is 7.20. The number of halogens is 3. The SMILES string of the molecule is I.NC(N)=NCCOc1ccc(F)c(F)c1. The maximum absolute atomic E-state index is 12.7. The lowest BCUT2D eigenvalue weighted by atomic mass is 10.3. The highest BCUT2D eigenvalue weighted by atomic mass is 127. The topological polar surface area (TPSA) is 73.6 Å². The van der Waals surface area contributed by atoms with Crippen LogP contribution in [0.3, 0.4) is 0 Å². The molecule has 4 N–H and O–H groups in total. The molecule has 0 amide bonds. The first-order chi connectivity index (χ1) is 7.09. The highest BCUT2D eigenvalue weighted by Gasteiger charge is 2.02. The van der Waals surface area contributed by atoms with Crippen LogP contribution < -0.4 is 16.2 Å². The van der Waals surface area contributed by atoms with E-state index in [-0.39, 0.29) is 48.8 Å². The van der Waals surface area contributed by atoms with E-state index in [1.807, 2.05) is 0 Å². The monoisotopic (exact) mass is 343 g/mol. The Hall–Kier alpha value is -1.12. The van der Waals surface area contributed by atoms with Crippen LogP contribution in [0.4, 0.5) is 8.78 Å². The molecule has 0 aromatic heterocycles. The minimum absolute atomic E-state index is 0. The zero-order chi connectivity index (χ0) is 11.3. The van der Waals surface area contributed by atoms with Gasteiger partial charge >= 0.3 is 0 Å². The first-order valence-corrected chi connectivity index (χ1v) is 4.23. The smallest absolute Gasteiger partial charge is 0.186 e. The van der Waals surface area contributed by atoms with Crippen molar-refractivity contribution in [1.82, 2.24) is 0 Å². The van der Waals surface area contributed by atoms with Crippen molar-refractivity contribution in [3.05, 3.63) is 29.8 Å². The van der Waals surface area contributed by atoms with Crippen molar-refractivity contribution in [3.8, 4) is 5.75 Å². The van der Waals surface area contributed by atoms with Gasteiger partial charge in [-0.15, -0.1) is 24.0 Å². The molecule has 0 saturated heterocycles. The Bertz CT molecular complexity index is 370. The Morgan fingerprint density at radius 2 is 1.94 bits per heavy atom. The predicted molar refractivity (Wildman–Crippen MR) is 67.9 cm³/mol. The van der Waals surface area contributed by atoms with Crippen molar-refractivity contribution < 1.29 is 13.5 Å². The first-order valence-electron chi connectivity index (χ1n) is 4.23. The minimum atomic E-state index is -0.950. The molecule has 0 aliphatic rings. The van der Waals surface area contributed by atoms with Gasteiger partial charge in [0.2, 0.25) is 0 Å². The number of rotatable bonds is 4. The van der Waals surface area contributed by atoms with Gasteiger partial charge in [0.25, 0.3) is 0 Å². The maximum Gasteiger partial charge on any atom is 0.186 e. The Balaban J connectivity index is 0.00000225. The van der Waals surface area contributed by atoms with Gasteiger partial charge in [-0.3, -0.25) is 4.99 Å². The standard InChI is InChI=1S/C9H11F2N3O.HI/c10-7-2-1-6(5-8(7)11)15-4-3-14-9(12)13;/h1-2,5H,3-4H2,(H4,12,13,14);1H. The van der Waals surface area contributed by atoms with Crippen LogP contribution >= 0.6 is 24.0 Å². The Morgan fingerprint density at radius 3 is 2.50 bits per heavy atom. The zero-order valence-corrected chi connectivity index (χ0v) is 10.7. The molecule has 0 heterocycles. The molecular weight excluding hydrogens is 331 g/mol. The fourth-order valence-electron chi connectivity index (χ4n) is 0.905. The molecule has 1 aromatic rings. The molecule has 0 bridgehead atoms. The van der Waals surface area contributed by atoms with Crippen LogP contribution in [0.1, 0.15) is 0 Å². The van der Waals surface area contributed by atoms with Gasteiger partial charge in [-0.25, -0.2) is 8.78 Å². The molecule has 4 nitrogen and oxygen atoms in total. The number of hydrogen-bond donors (Lipinski definition) is 2. The summed E-state index contributed by atoms with van der Waals surface area (Å²) in [4.78, 5) is 3.66. The van der Waals surface area contributed by atoms with Crippen LogP contribution in [-0.4, -0.2) is 19.1 Å². The molecule has 90 valence electrons. The lowest BCUT2D eigenvalue weighted by Gasteiger charge is -2.04. The predicted octanol–water partition coefficient (Wildman–Crippen LogP) is 1.24. The average molecular weight is 343 g/mol. The number of nitrogens with two attached hydrogens (primary N) is 2. The molecule has 0 unspecified atom stereocenters. The second-order valence-electron chi connectivity index (χ2n) is 2.73. The number of guanidine groups is 1. The van der Waals surface area contributed by atoms with Gasteiger partial charge in [-0.1, -0.05) is 0 Å². The van der Waals surface area contributed by atoms with Gasteiger partial charge < -0.3 is 16.2 Å². The summed E-state index contributed by atoms with van der Waals surface area (Å²) >= 11 is 0. The van der Waals surface area contributed by atoms with Gasteiger partial charge in [0, 0.05) is 6.07 Å². The number of ether oxygens (including phenoxy) is 1. The van der Waals surface area contributed by atoms with Gasteiger partial charge in [-0.05, 0) is 12.1 Å². The second-order valence-corrected chi connectivity index (χ2v) is 2.73. The van der Waals surface area contributed by atoms with Gasteiger partial charge in [0.05, 0.1) is 6.54 Å². The van der Waals surface area contributed by atoms with Gasteiger partial charge in [0.1, 0.15) is 12.4 Å². The third kappa shape index (κ3) is 5.10. The van der Waals surface area contributed by atoms with Crippen LogP contribution in [-0.2, 0) is 0 Å². The highest BCUT2D eigenvalue weighted by Crippen LogP contribution is 2.14. The molecule has 1 rings (SSSR count). The van der Waals surface area contributed by atoms with Crippen molar-refractivity contribution in [2.45, 2.75) is 0 Å². The number of hydrogen-bond acceptors (Lipinski definition) is 2. The van der Waals surface area contributed by atoms with E-state index in [4.69, 9.17) is 16.2 Å².